The first kappa shape index (κ1) is 39.8. The first-order valence-electron chi connectivity index (χ1n) is 17.2. The van der Waals surface area contributed by atoms with Gasteiger partial charge in [-0.3, -0.25) is 24.0 Å². The molecule has 3 aromatic rings. The number of benzene rings is 3. The lowest BCUT2D eigenvalue weighted by molar-refractivity contribution is -0.138. The molecule has 0 bridgehead atoms. The van der Waals surface area contributed by atoms with Crippen LogP contribution in [0.3, 0.4) is 0 Å². The highest BCUT2D eigenvalue weighted by atomic mass is 16.5. The summed E-state index contributed by atoms with van der Waals surface area (Å²) in [5.41, 5.74) is 4.63. The van der Waals surface area contributed by atoms with Crippen LogP contribution in [0.25, 0.3) is 11.1 Å². The third-order valence-corrected chi connectivity index (χ3v) is 9.04. The van der Waals surface area contributed by atoms with Gasteiger partial charge < -0.3 is 46.6 Å². The van der Waals surface area contributed by atoms with E-state index < -0.39 is 78.9 Å². The third kappa shape index (κ3) is 10.8. The van der Waals surface area contributed by atoms with Crippen molar-refractivity contribution in [3.05, 3.63) is 89.5 Å². The molecule has 0 spiro atoms. The van der Waals surface area contributed by atoms with Crippen LogP contribution < -0.4 is 26.6 Å². The van der Waals surface area contributed by atoms with Gasteiger partial charge in [-0.25, -0.2) is 4.79 Å². The third-order valence-electron chi connectivity index (χ3n) is 9.04. The number of hydrogen-bond donors (Lipinski definition) is 8. The van der Waals surface area contributed by atoms with Crippen molar-refractivity contribution in [2.24, 2.45) is 5.92 Å². The van der Waals surface area contributed by atoms with Gasteiger partial charge in [0.1, 0.15) is 37.0 Å². The van der Waals surface area contributed by atoms with Gasteiger partial charge in [-0.05, 0) is 52.8 Å². The Morgan fingerprint density at radius 1 is 0.736 bits per heavy atom. The number of carboxylic acid groups (broad SMARTS) is 1. The number of carboxylic acids is 1. The smallest absolute Gasteiger partial charge is 0.407 e. The van der Waals surface area contributed by atoms with Crippen molar-refractivity contribution in [2.45, 2.75) is 63.8 Å². The molecule has 53 heavy (non-hydrogen) atoms. The van der Waals surface area contributed by atoms with E-state index in [1.807, 2.05) is 48.5 Å². The number of amides is 5. The van der Waals surface area contributed by atoms with E-state index in [4.69, 9.17) is 9.84 Å². The molecule has 5 amide bonds. The minimum absolute atomic E-state index is 0.0110. The summed E-state index contributed by atoms with van der Waals surface area (Å²) < 4.78 is 5.54. The fourth-order valence-corrected chi connectivity index (χ4v) is 6.00. The molecule has 0 aliphatic heterocycles. The minimum atomic E-state index is -1.49. The molecule has 0 radical (unpaired) electrons. The maximum absolute atomic E-state index is 13.4. The number of hydrogen-bond acceptors (Lipinski definition) is 9. The standard InChI is InChI=1S/C38H45N5O10/c1-4-21(2)33(36(50)39-18-31(46)41-30(35(49)40-19-32(47)48)17-23-13-15-24(45)16-14-23)42-37(51)34(22(3)44)43-38(52)53-20-29-27-11-7-5-9-25(27)26-10-6-8-12-28(26)29/h5-16,21-22,29-30,33-34,44-45H,4,17-20H2,1-3H3,(H,39,50)(H,40,49)(H,41,46)(H,42,51)(H,43,52)(H,47,48)/t21-,22+,30-,33-,34-/m0/s1. The second kappa shape index (κ2) is 18.5. The number of aliphatic hydroxyl groups excluding tert-OH is 1. The normalized spacial score (nSPS) is 14.6. The van der Waals surface area contributed by atoms with E-state index in [0.717, 1.165) is 22.3 Å². The van der Waals surface area contributed by atoms with E-state index in [0.29, 0.717) is 12.0 Å². The van der Waals surface area contributed by atoms with Crippen molar-refractivity contribution in [3.8, 4) is 16.9 Å². The molecule has 8 N–H and O–H groups in total. The van der Waals surface area contributed by atoms with Crippen LogP contribution >= 0.6 is 0 Å². The second-order valence-corrected chi connectivity index (χ2v) is 12.9. The van der Waals surface area contributed by atoms with Gasteiger partial charge in [-0.15, -0.1) is 0 Å². The number of rotatable bonds is 17. The van der Waals surface area contributed by atoms with E-state index >= 15 is 0 Å². The topological polar surface area (TPSA) is 232 Å². The van der Waals surface area contributed by atoms with E-state index in [-0.39, 0.29) is 24.7 Å². The molecule has 3 aromatic carbocycles. The Morgan fingerprint density at radius 3 is 1.89 bits per heavy atom. The fourth-order valence-electron chi connectivity index (χ4n) is 6.00. The Hall–Kier alpha value is -5.96. The molecule has 0 unspecified atom stereocenters. The number of carbonyl (C=O) groups excluding carboxylic acids is 5. The highest BCUT2D eigenvalue weighted by molar-refractivity contribution is 5.94. The number of aliphatic hydroxyl groups is 1. The number of fused-ring (bicyclic) bond motifs is 3. The number of phenolic OH excluding ortho intramolecular Hbond substituents is 1. The van der Waals surface area contributed by atoms with Gasteiger partial charge in [-0.1, -0.05) is 80.9 Å². The zero-order valence-electron chi connectivity index (χ0n) is 29.6. The molecular weight excluding hydrogens is 686 g/mol. The van der Waals surface area contributed by atoms with Crippen molar-refractivity contribution >= 4 is 35.7 Å². The van der Waals surface area contributed by atoms with Crippen LogP contribution in [0.15, 0.2) is 72.8 Å². The zero-order valence-corrected chi connectivity index (χ0v) is 29.6. The lowest BCUT2D eigenvalue weighted by Crippen LogP contribution is -2.59. The van der Waals surface area contributed by atoms with Crippen LogP contribution in [0, 0.1) is 5.92 Å². The molecule has 1 aliphatic carbocycles. The van der Waals surface area contributed by atoms with Crippen molar-refractivity contribution in [1.29, 1.82) is 0 Å². The van der Waals surface area contributed by atoms with Crippen molar-refractivity contribution in [3.63, 3.8) is 0 Å². The van der Waals surface area contributed by atoms with Crippen molar-refractivity contribution in [2.75, 3.05) is 19.7 Å². The SMILES string of the molecule is CC[C@H](C)[C@H](NC(=O)[C@@H](NC(=O)OCC1c2ccccc2-c2ccccc21)[C@@H](C)O)C(=O)NCC(=O)N[C@@H](Cc1ccc(O)cc1)C(=O)NCC(=O)O. The molecule has 0 saturated heterocycles. The summed E-state index contributed by atoms with van der Waals surface area (Å²) in [5, 5.41) is 41.1. The van der Waals surface area contributed by atoms with E-state index in [1.165, 1.54) is 31.2 Å². The average molecular weight is 732 g/mol. The summed E-state index contributed by atoms with van der Waals surface area (Å²) in [4.78, 5) is 76.3. The molecule has 0 saturated carbocycles. The van der Waals surface area contributed by atoms with Gasteiger partial charge in [-0.2, -0.15) is 0 Å². The van der Waals surface area contributed by atoms with Gasteiger partial charge in [0, 0.05) is 12.3 Å². The Kier molecular flexibility index (Phi) is 13.9. The van der Waals surface area contributed by atoms with Crippen LogP contribution in [0.5, 0.6) is 5.75 Å². The number of ether oxygens (including phenoxy) is 1. The van der Waals surface area contributed by atoms with Gasteiger partial charge in [0.25, 0.3) is 0 Å². The maximum Gasteiger partial charge on any atom is 0.407 e. The van der Waals surface area contributed by atoms with Gasteiger partial charge in [0.05, 0.1) is 12.6 Å². The molecule has 0 aromatic heterocycles. The van der Waals surface area contributed by atoms with Crippen molar-refractivity contribution < 1.29 is 48.8 Å². The molecule has 282 valence electrons. The average Bonchev–Trinajstić information content (AvgIpc) is 3.46. The Balaban J connectivity index is 1.35. The van der Waals surface area contributed by atoms with Crippen LogP contribution in [-0.2, 0) is 35.1 Å². The highest BCUT2D eigenvalue weighted by Crippen LogP contribution is 2.44. The summed E-state index contributed by atoms with van der Waals surface area (Å²) in [7, 11) is 0. The van der Waals surface area contributed by atoms with Gasteiger partial charge >= 0.3 is 12.1 Å². The minimum Gasteiger partial charge on any atom is -0.508 e. The predicted molar refractivity (Wildman–Crippen MR) is 192 cm³/mol. The van der Waals surface area contributed by atoms with Crippen molar-refractivity contribution in [1.82, 2.24) is 26.6 Å². The monoisotopic (exact) mass is 731 g/mol. The van der Waals surface area contributed by atoms with Gasteiger partial charge in [0.15, 0.2) is 0 Å². The lowest BCUT2D eigenvalue weighted by atomic mass is 9.97. The highest BCUT2D eigenvalue weighted by Gasteiger charge is 2.34. The number of carbonyl (C=O) groups is 6. The Labute approximate surface area is 306 Å². The Bertz CT molecular complexity index is 1750. The summed E-state index contributed by atoms with van der Waals surface area (Å²) in [5.74, 6) is -5.13. The van der Waals surface area contributed by atoms with Gasteiger partial charge in [0.2, 0.25) is 23.6 Å². The second-order valence-electron chi connectivity index (χ2n) is 12.9. The van der Waals surface area contributed by atoms with E-state index in [9.17, 15) is 39.0 Å². The molecule has 0 fully saturated rings. The summed E-state index contributed by atoms with van der Waals surface area (Å²) >= 11 is 0. The fraction of sp³-hybridized carbons (Fsp3) is 0.368. The lowest BCUT2D eigenvalue weighted by Gasteiger charge is -2.27. The summed E-state index contributed by atoms with van der Waals surface area (Å²) in [6.07, 6.45) is -1.93. The van der Waals surface area contributed by atoms with Crippen LogP contribution in [-0.4, -0.2) is 94.9 Å². The van der Waals surface area contributed by atoms with Crippen LogP contribution in [0.2, 0.25) is 0 Å². The molecule has 1 aliphatic rings. The first-order valence-corrected chi connectivity index (χ1v) is 17.2. The summed E-state index contributed by atoms with van der Waals surface area (Å²) in [6.45, 7) is 3.48. The Morgan fingerprint density at radius 2 is 1.32 bits per heavy atom. The van der Waals surface area contributed by atoms with Crippen LogP contribution in [0.4, 0.5) is 4.79 Å². The molecule has 4 rings (SSSR count). The molecular formula is C38H45N5O10. The molecule has 0 heterocycles. The number of alkyl carbamates (subject to hydrolysis) is 1. The number of phenols is 1. The largest absolute Gasteiger partial charge is 0.508 e. The number of aromatic hydroxyl groups is 1. The quantitative estimate of drug-likeness (QED) is 0.0998. The number of nitrogens with one attached hydrogen (secondary N) is 5. The predicted octanol–water partition coefficient (Wildman–Crippen LogP) is 1.56. The molecule has 15 nitrogen and oxygen atoms in total. The number of aliphatic carboxylic acids is 1. The molecule has 5 atom stereocenters. The maximum atomic E-state index is 13.4. The van der Waals surface area contributed by atoms with E-state index in [1.54, 1.807) is 13.8 Å². The zero-order chi connectivity index (χ0) is 38.7. The summed E-state index contributed by atoms with van der Waals surface area (Å²) in [6, 6.07) is 17.6. The van der Waals surface area contributed by atoms with Crippen LogP contribution in [0.1, 0.15) is 49.8 Å². The first-order chi connectivity index (χ1) is 25.3. The van der Waals surface area contributed by atoms with E-state index in [2.05, 4.69) is 26.6 Å². The molecule has 15 heteroatoms.